The van der Waals surface area contributed by atoms with Crippen molar-refractivity contribution in [3.63, 3.8) is 0 Å². The number of fused-ring (bicyclic) bond motifs is 10. The van der Waals surface area contributed by atoms with Crippen molar-refractivity contribution in [2.24, 2.45) is 0 Å². The first-order valence-corrected chi connectivity index (χ1v) is 23.6. The Morgan fingerprint density at radius 1 is 0.485 bits per heavy atom. The Morgan fingerprint density at radius 2 is 1.08 bits per heavy atom. The minimum absolute atomic E-state index is 0.00521. The van der Waals surface area contributed by atoms with E-state index < -0.39 is 0 Å². The summed E-state index contributed by atoms with van der Waals surface area (Å²) in [6.07, 6.45) is 0. The number of para-hydroxylation sites is 6. The Balaban J connectivity index is 0.939. The molecule has 66 heavy (non-hydrogen) atoms. The van der Waals surface area contributed by atoms with Crippen molar-refractivity contribution in [2.45, 2.75) is 26.2 Å². The van der Waals surface area contributed by atoms with Gasteiger partial charge in [-0.25, -0.2) is 0 Å². The number of benzene rings is 8. The van der Waals surface area contributed by atoms with Crippen LogP contribution in [-0.4, -0.2) is 21.1 Å². The molecule has 0 spiro atoms. The summed E-state index contributed by atoms with van der Waals surface area (Å²) in [6.45, 7) is 6.77. The fourth-order valence-electron chi connectivity index (χ4n) is 10.5. The van der Waals surface area contributed by atoms with Crippen LogP contribution in [-0.2, 0) is 24.8 Å². The third-order valence-electron chi connectivity index (χ3n) is 13.5. The Hall–Kier alpha value is -7.47. The molecule has 8 heteroatoms. The Morgan fingerprint density at radius 3 is 1.85 bits per heavy atom. The Kier molecular flexibility index (Phi) is 8.72. The van der Waals surface area contributed by atoms with Crippen molar-refractivity contribution in [1.82, 2.24) is 14.1 Å². The third kappa shape index (κ3) is 5.86. The van der Waals surface area contributed by atoms with Crippen LogP contribution in [0.1, 0.15) is 26.3 Å². The maximum atomic E-state index is 6.81. The van der Waals surface area contributed by atoms with Crippen LogP contribution in [0, 0.1) is 3.80 Å². The Bertz CT molecular complexity index is 3680. The number of pyridine rings is 1. The van der Waals surface area contributed by atoms with E-state index in [0.29, 0.717) is 11.6 Å². The summed E-state index contributed by atoms with van der Waals surface area (Å²) in [6, 6.07) is 71.9. The number of anilines is 4. The second-order valence-corrected chi connectivity index (χ2v) is 19.3. The average Bonchev–Trinajstić information content (AvgIpc) is 3.86. The molecule has 5 heterocycles. The van der Waals surface area contributed by atoms with Gasteiger partial charge in [0, 0.05) is 11.3 Å². The molecule has 0 saturated heterocycles. The first-order chi connectivity index (χ1) is 32.3. The van der Waals surface area contributed by atoms with Crippen LogP contribution in [0.3, 0.4) is 0 Å². The van der Waals surface area contributed by atoms with E-state index in [0.717, 1.165) is 54.4 Å². The van der Waals surface area contributed by atoms with Gasteiger partial charge < -0.3 is 0 Å². The van der Waals surface area contributed by atoms with Gasteiger partial charge in [-0.15, -0.1) is 0 Å². The van der Waals surface area contributed by atoms with Gasteiger partial charge in [-0.1, -0.05) is 42.5 Å². The summed E-state index contributed by atoms with van der Waals surface area (Å²) in [4.78, 5) is 10.3. The summed E-state index contributed by atoms with van der Waals surface area (Å²) in [5, 5.41) is 0. The molecule has 0 bridgehead atoms. The zero-order valence-corrected chi connectivity index (χ0v) is 38.9. The number of nitrogens with zero attached hydrogens (tertiary/aromatic N) is 5. The van der Waals surface area contributed by atoms with Crippen LogP contribution in [0.4, 0.5) is 22.9 Å². The quantitative estimate of drug-likeness (QED) is 0.156. The van der Waals surface area contributed by atoms with Gasteiger partial charge >= 0.3 is 326 Å². The molecule has 3 aliphatic rings. The molecule has 10 aromatic rings. The van der Waals surface area contributed by atoms with Gasteiger partial charge in [0.15, 0.2) is 0 Å². The van der Waals surface area contributed by atoms with Crippen molar-refractivity contribution >= 4 is 46.4 Å². The van der Waals surface area contributed by atoms with E-state index in [2.05, 4.69) is 247 Å². The number of rotatable bonds is 6. The van der Waals surface area contributed by atoms with Crippen molar-refractivity contribution in [3.8, 4) is 67.5 Å². The molecule has 13 rings (SSSR count). The van der Waals surface area contributed by atoms with Gasteiger partial charge in [0.2, 0.25) is 0 Å². The van der Waals surface area contributed by atoms with Crippen molar-refractivity contribution in [1.29, 1.82) is 0 Å². The fourth-order valence-corrected chi connectivity index (χ4v) is 11.6. The molecule has 8 aromatic carbocycles. The van der Waals surface area contributed by atoms with Gasteiger partial charge in [-0.2, -0.15) is 0 Å². The minimum atomic E-state index is -0.0621. The second-order valence-electron chi connectivity index (χ2n) is 18.3. The van der Waals surface area contributed by atoms with Gasteiger partial charge in [0.1, 0.15) is 0 Å². The van der Waals surface area contributed by atoms with Crippen LogP contribution >= 0.6 is 0 Å². The molecule has 2 aromatic heterocycles. The second kappa shape index (κ2) is 14.8. The Labute approximate surface area is 395 Å². The molecule has 0 aliphatic carbocycles. The van der Waals surface area contributed by atoms with Crippen LogP contribution in [0.5, 0.6) is 11.6 Å². The van der Waals surface area contributed by atoms with E-state index >= 15 is 0 Å². The predicted octanol–water partition coefficient (Wildman–Crippen LogP) is 14.0. The number of aromatic nitrogens is 3. The normalized spacial score (nSPS) is 13.1. The van der Waals surface area contributed by atoms with Crippen LogP contribution in [0.2, 0.25) is 0 Å². The molecule has 0 atom stereocenters. The van der Waals surface area contributed by atoms with E-state index in [1.54, 1.807) is 0 Å². The molecular weight excluding hydrogens is 989 g/mol. The fraction of sp³-hybridized carbons (Fsp3) is 0.0690. The SMILES string of the molecule is CC(C)(C)c1cccc(-c2cccc(-c3ccccc3)c2-n2[c](=[Pt])n(-c3cccc(Oc4ccc5c(n4)N4B6c7c(cccc7-5)-c5ccccc5N6c5ccccc54)c3)c3ccccc32)c1. The van der Waals surface area contributed by atoms with Crippen molar-refractivity contribution in [3.05, 3.63) is 210 Å². The van der Waals surface area contributed by atoms with E-state index in [1.807, 2.05) is 12.1 Å². The molecule has 6 nitrogen and oxygen atoms in total. The third-order valence-corrected chi connectivity index (χ3v) is 14.5. The number of hydrogen-bond donors (Lipinski definition) is 0. The summed E-state index contributed by atoms with van der Waals surface area (Å²) in [5.41, 5.74) is 20.0. The first kappa shape index (κ1) is 38.9. The molecule has 3 aliphatic heterocycles. The summed E-state index contributed by atoms with van der Waals surface area (Å²) in [5.74, 6) is 2.14. The summed E-state index contributed by atoms with van der Waals surface area (Å²) >= 11 is 2.52. The van der Waals surface area contributed by atoms with Crippen LogP contribution < -0.4 is 19.8 Å². The van der Waals surface area contributed by atoms with E-state index in [4.69, 9.17) is 9.72 Å². The summed E-state index contributed by atoms with van der Waals surface area (Å²) in [7, 11) is 0. The van der Waals surface area contributed by atoms with Gasteiger partial charge in [0.25, 0.3) is 0 Å². The number of ether oxygens (including phenoxy) is 1. The monoisotopic (exact) mass is 1030 g/mol. The molecule has 0 fully saturated rings. The topological polar surface area (TPSA) is 38.5 Å². The molecular formula is C58H42BN5OPt. The predicted molar refractivity (Wildman–Crippen MR) is 267 cm³/mol. The number of hydrogen-bond acceptors (Lipinski definition) is 4. The van der Waals surface area contributed by atoms with Crippen LogP contribution in [0.25, 0.3) is 66.9 Å². The number of imidazole rings is 1. The first-order valence-electron chi connectivity index (χ1n) is 22.5. The van der Waals surface area contributed by atoms with Crippen molar-refractivity contribution in [2.75, 3.05) is 9.62 Å². The van der Waals surface area contributed by atoms with Crippen molar-refractivity contribution < 1.29 is 24.1 Å². The molecule has 0 radical (unpaired) electrons. The van der Waals surface area contributed by atoms with Gasteiger partial charge in [-0.3, -0.25) is 0 Å². The molecule has 318 valence electrons. The molecule has 0 amide bonds. The average molecular weight is 1030 g/mol. The molecule has 0 saturated carbocycles. The van der Waals surface area contributed by atoms with Gasteiger partial charge in [0.05, 0.1) is 0 Å². The van der Waals surface area contributed by atoms with E-state index in [-0.39, 0.29) is 12.4 Å². The van der Waals surface area contributed by atoms with Crippen LogP contribution in [0.15, 0.2) is 200 Å². The van der Waals surface area contributed by atoms with E-state index in [9.17, 15) is 0 Å². The zero-order chi connectivity index (χ0) is 44.3. The van der Waals surface area contributed by atoms with Gasteiger partial charge in [-0.05, 0) is 17.7 Å². The molecule has 0 unspecified atom stereocenters. The standard InChI is InChI=1S/C58H42BN5O.Pt/c1-58(2,3)40-20-13-19-39(35-40)44-25-15-24-43(38-17-5-4-6-18-38)56(44)62-37-61(50-29-9-10-30-51(50)62)41-21-14-22-42(36-41)65-54-34-33-48-47-27-16-26-46-45-23-7-8-28-49(45)63-52-31-11-12-32-53(52)64(57(48)60-54)59(63)55(46)47;/h4-36H,1-3H3;. The molecule has 0 N–H and O–H groups in total. The van der Waals surface area contributed by atoms with E-state index in [1.165, 1.54) is 50.2 Å². The zero-order valence-electron chi connectivity index (χ0n) is 36.6. The summed E-state index contributed by atoms with van der Waals surface area (Å²) < 4.78 is 12.6. The maximum absolute atomic E-state index is 6.81.